The Hall–Kier alpha value is -4.14. The van der Waals surface area contributed by atoms with Gasteiger partial charge in [-0.15, -0.1) is 0 Å². The number of anilines is 2. The van der Waals surface area contributed by atoms with Crippen LogP contribution in [0.15, 0.2) is 42.6 Å². The predicted octanol–water partition coefficient (Wildman–Crippen LogP) is 4.10. The summed E-state index contributed by atoms with van der Waals surface area (Å²) in [4.78, 5) is 23.1. The predicted molar refractivity (Wildman–Crippen MR) is 130 cm³/mol. The van der Waals surface area contributed by atoms with Crippen LogP contribution in [-0.4, -0.2) is 43.2 Å². The number of nitrogens with zero attached hydrogens (tertiary/aromatic N) is 5. The van der Waals surface area contributed by atoms with E-state index in [0.717, 1.165) is 53.9 Å². The van der Waals surface area contributed by atoms with Gasteiger partial charge in [-0.05, 0) is 50.1 Å². The number of H-pyrrole nitrogens is 1. The molecule has 9 heteroatoms. The number of ketones is 1. The van der Waals surface area contributed by atoms with Crippen LogP contribution in [0.1, 0.15) is 34.7 Å². The fourth-order valence-corrected chi connectivity index (χ4v) is 4.90. The number of aryl methyl sites for hydroxylation is 2. The van der Waals surface area contributed by atoms with E-state index in [4.69, 9.17) is 5.73 Å². The molecular formula is C25H24FN7O. The lowest BCUT2D eigenvalue weighted by Crippen LogP contribution is -2.18. The Labute approximate surface area is 194 Å². The van der Waals surface area contributed by atoms with Gasteiger partial charge in [-0.1, -0.05) is 0 Å². The first-order valence-corrected chi connectivity index (χ1v) is 11.3. The maximum absolute atomic E-state index is 14.9. The van der Waals surface area contributed by atoms with Crippen LogP contribution in [0.5, 0.6) is 0 Å². The standard InChI is InChI=1S/C25H24FN7O/c1-14-29-19-6-5-16(11-20(19)30-14)33-25(27)17(13-28-33)24(34)23-10-15-9-22(32-7-3-4-8-32)18(26)12-21(15)31(23)2/h5-6,9-13H,3-4,7-8,27H2,1-2H3,(H,29,30). The van der Waals surface area contributed by atoms with E-state index in [9.17, 15) is 9.18 Å². The number of carbonyl (C=O) groups excluding carboxylic acids is 1. The minimum atomic E-state index is -0.272. The van der Waals surface area contributed by atoms with E-state index in [0.29, 0.717) is 22.5 Å². The van der Waals surface area contributed by atoms with Crippen LogP contribution in [0.3, 0.4) is 0 Å². The third-order valence-electron chi connectivity index (χ3n) is 6.67. The summed E-state index contributed by atoms with van der Waals surface area (Å²) in [5.74, 6) is 0.529. The molecule has 1 saturated heterocycles. The van der Waals surface area contributed by atoms with Gasteiger partial charge in [-0.3, -0.25) is 4.79 Å². The number of carbonyl (C=O) groups is 1. The summed E-state index contributed by atoms with van der Waals surface area (Å²) < 4.78 is 18.1. The SMILES string of the molecule is Cc1nc2ccc(-n3ncc(C(=O)c4cc5cc(N6CCCC6)c(F)cc5n4C)c3N)cc2[nH]1. The molecule has 0 saturated carbocycles. The summed E-state index contributed by atoms with van der Waals surface area (Å²) in [6.45, 7) is 3.59. The Morgan fingerprint density at radius 1 is 1.15 bits per heavy atom. The summed E-state index contributed by atoms with van der Waals surface area (Å²) in [5, 5.41) is 5.19. The molecule has 1 aliphatic rings. The Morgan fingerprint density at radius 2 is 1.94 bits per heavy atom. The molecule has 2 aromatic carbocycles. The monoisotopic (exact) mass is 457 g/mol. The number of benzene rings is 2. The lowest BCUT2D eigenvalue weighted by molar-refractivity contribution is 0.103. The molecule has 8 nitrogen and oxygen atoms in total. The minimum Gasteiger partial charge on any atom is -0.383 e. The second-order valence-corrected chi connectivity index (χ2v) is 8.85. The second-order valence-electron chi connectivity index (χ2n) is 8.85. The van der Waals surface area contributed by atoms with Crippen molar-refractivity contribution in [3.05, 3.63) is 65.5 Å². The van der Waals surface area contributed by atoms with E-state index in [1.165, 1.54) is 16.9 Å². The molecule has 0 bridgehead atoms. The summed E-state index contributed by atoms with van der Waals surface area (Å²) in [7, 11) is 1.76. The highest BCUT2D eigenvalue weighted by molar-refractivity contribution is 6.13. The lowest BCUT2D eigenvalue weighted by Gasteiger charge is -2.18. The number of hydrogen-bond acceptors (Lipinski definition) is 5. The zero-order chi connectivity index (χ0) is 23.6. The minimum absolute atomic E-state index is 0.245. The van der Waals surface area contributed by atoms with Gasteiger partial charge in [0.05, 0.1) is 45.4 Å². The van der Waals surface area contributed by atoms with E-state index in [-0.39, 0.29) is 17.4 Å². The molecule has 0 atom stereocenters. The fourth-order valence-electron chi connectivity index (χ4n) is 4.90. The molecule has 0 aliphatic carbocycles. The lowest BCUT2D eigenvalue weighted by atomic mass is 10.1. The number of imidazole rings is 1. The quantitative estimate of drug-likeness (QED) is 0.396. The molecule has 0 spiro atoms. The van der Waals surface area contributed by atoms with Crippen LogP contribution in [0.2, 0.25) is 0 Å². The molecule has 3 aromatic heterocycles. The van der Waals surface area contributed by atoms with E-state index in [2.05, 4.69) is 20.0 Å². The number of nitrogens with one attached hydrogen (secondary N) is 1. The van der Waals surface area contributed by atoms with Gasteiger partial charge < -0.3 is 20.2 Å². The zero-order valence-electron chi connectivity index (χ0n) is 19.0. The number of rotatable bonds is 4. The first-order chi connectivity index (χ1) is 16.4. The van der Waals surface area contributed by atoms with Gasteiger partial charge in [0.25, 0.3) is 0 Å². The molecule has 4 heterocycles. The third-order valence-corrected chi connectivity index (χ3v) is 6.67. The fraction of sp³-hybridized carbons (Fsp3) is 0.240. The molecule has 172 valence electrons. The van der Waals surface area contributed by atoms with Crippen molar-refractivity contribution in [3.8, 4) is 5.69 Å². The number of hydrogen-bond donors (Lipinski definition) is 2. The van der Waals surface area contributed by atoms with Crippen molar-refractivity contribution in [2.45, 2.75) is 19.8 Å². The Kier molecular flexibility index (Phi) is 4.48. The highest BCUT2D eigenvalue weighted by Gasteiger charge is 2.23. The smallest absolute Gasteiger partial charge is 0.214 e. The van der Waals surface area contributed by atoms with Crippen LogP contribution < -0.4 is 10.6 Å². The van der Waals surface area contributed by atoms with Gasteiger partial charge in [-0.2, -0.15) is 5.10 Å². The largest absolute Gasteiger partial charge is 0.383 e. The van der Waals surface area contributed by atoms with Crippen LogP contribution >= 0.6 is 0 Å². The van der Waals surface area contributed by atoms with Crippen molar-refractivity contribution in [1.82, 2.24) is 24.3 Å². The van der Waals surface area contributed by atoms with Crippen LogP contribution in [-0.2, 0) is 7.05 Å². The number of halogens is 1. The number of nitrogens with two attached hydrogens (primary N) is 1. The third kappa shape index (κ3) is 3.07. The Morgan fingerprint density at radius 3 is 2.74 bits per heavy atom. The normalized spacial score (nSPS) is 14.0. The summed E-state index contributed by atoms with van der Waals surface area (Å²) in [6.07, 6.45) is 3.60. The molecular weight excluding hydrogens is 433 g/mol. The maximum atomic E-state index is 14.9. The van der Waals surface area contributed by atoms with E-state index in [1.807, 2.05) is 31.2 Å². The Bertz CT molecular complexity index is 1590. The Balaban J connectivity index is 1.39. The van der Waals surface area contributed by atoms with Crippen molar-refractivity contribution in [3.63, 3.8) is 0 Å². The number of fused-ring (bicyclic) bond motifs is 2. The summed E-state index contributed by atoms with van der Waals surface area (Å²) in [5.41, 5.74) is 10.8. The van der Waals surface area contributed by atoms with Crippen LogP contribution in [0, 0.1) is 12.7 Å². The van der Waals surface area contributed by atoms with Gasteiger partial charge in [0.1, 0.15) is 17.5 Å². The highest BCUT2D eigenvalue weighted by Crippen LogP contribution is 2.31. The topological polar surface area (TPSA) is 97.8 Å². The molecule has 1 aliphatic heterocycles. The van der Waals surface area contributed by atoms with E-state index in [1.54, 1.807) is 17.7 Å². The molecule has 0 unspecified atom stereocenters. The second kappa shape index (κ2) is 7.44. The molecule has 0 amide bonds. The van der Waals surface area contributed by atoms with Gasteiger partial charge in [0.15, 0.2) is 0 Å². The van der Waals surface area contributed by atoms with Crippen LogP contribution in [0.4, 0.5) is 15.9 Å². The molecule has 1 fully saturated rings. The van der Waals surface area contributed by atoms with E-state index >= 15 is 0 Å². The average molecular weight is 458 g/mol. The molecule has 6 rings (SSSR count). The highest BCUT2D eigenvalue weighted by atomic mass is 19.1. The van der Waals surface area contributed by atoms with Crippen molar-refractivity contribution in [2.24, 2.45) is 7.05 Å². The number of nitrogen functional groups attached to an aromatic ring is 1. The maximum Gasteiger partial charge on any atom is 0.214 e. The van der Waals surface area contributed by atoms with Gasteiger partial charge in [0.2, 0.25) is 5.78 Å². The molecule has 5 aromatic rings. The first kappa shape index (κ1) is 20.5. The zero-order valence-corrected chi connectivity index (χ0v) is 19.0. The van der Waals surface area contributed by atoms with Crippen molar-refractivity contribution in [2.75, 3.05) is 23.7 Å². The van der Waals surface area contributed by atoms with Crippen molar-refractivity contribution < 1.29 is 9.18 Å². The van der Waals surface area contributed by atoms with Crippen LogP contribution in [0.25, 0.3) is 27.6 Å². The number of aromatic nitrogens is 5. The number of aromatic amines is 1. The van der Waals surface area contributed by atoms with E-state index < -0.39 is 0 Å². The van der Waals surface area contributed by atoms with Gasteiger partial charge in [-0.25, -0.2) is 14.1 Å². The van der Waals surface area contributed by atoms with Crippen molar-refractivity contribution in [1.29, 1.82) is 0 Å². The van der Waals surface area contributed by atoms with Crippen molar-refractivity contribution >= 4 is 39.2 Å². The molecule has 0 radical (unpaired) electrons. The molecule has 3 N–H and O–H groups in total. The summed E-state index contributed by atoms with van der Waals surface area (Å²) in [6, 6.07) is 10.8. The first-order valence-electron chi connectivity index (χ1n) is 11.3. The average Bonchev–Trinajstić information content (AvgIpc) is 3.59. The van der Waals surface area contributed by atoms with Gasteiger partial charge in [0, 0.05) is 31.6 Å². The molecule has 34 heavy (non-hydrogen) atoms. The van der Waals surface area contributed by atoms with Gasteiger partial charge >= 0.3 is 0 Å². The summed E-state index contributed by atoms with van der Waals surface area (Å²) >= 11 is 0.